The maximum Gasteiger partial charge on any atom is 0.290 e. The smallest absolute Gasteiger partial charge is 0.290 e. The highest BCUT2D eigenvalue weighted by atomic mass is 16.5. The molecule has 1 heterocycles. The van der Waals surface area contributed by atoms with Crippen LogP contribution in [0.2, 0.25) is 0 Å². The molecule has 0 saturated carbocycles. The van der Waals surface area contributed by atoms with E-state index in [1.807, 2.05) is 36.4 Å². The molecule has 6 heteroatoms. The summed E-state index contributed by atoms with van der Waals surface area (Å²) in [4.78, 5) is 23.3. The molecule has 0 spiro atoms. The van der Waals surface area contributed by atoms with Crippen molar-refractivity contribution in [1.82, 2.24) is 10.2 Å². The average Bonchev–Trinajstić information content (AvgIpc) is 2.81. The van der Waals surface area contributed by atoms with Crippen molar-refractivity contribution < 1.29 is 19.4 Å². The van der Waals surface area contributed by atoms with Gasteiger partial charge in [-0.2, -0.15) is 0 Å². The third-order valence-corrected chi connectivity index (χ3v) is 5.32. The van der Waals surface area contributed by atoms with E-state index in [9.17, 15) is 4.79 Å². The van der Waals surface area contributed by atoms with Crippen molar-refractivity contribution in [3.05, 3.63) is 77.9 Å². The molecule has 1 saturated heterocycles. The molecule has 0 unspecified atom stereocenters. The molecule has 0 aliphatic carbocycles. The predicted molar refractivity (Wildman–Crippen MR) is 123 cm³/mol. The Balaban J connectivity index is 0.00000107. The average molecular weight is 425 g/mol. The number of nitrogens with one attached hydrogen (secondary N) is 1. The largest absolute Gasteiger partial charge is 0.483 e. The van der Waals surface area contributed by atoms with Gasteiger partial charge in [-0.25, -0.2) is 0 Å². The van der Waals surface area contributed by atoms with E-state index in [1.54, 1.807) is 7.11 Å². The monoisotopic (exact) mass is 424 g/mol. The molecule has 2 aromatic rings. The quantitative estimate of drug-likeness (QED) is 0.633. The van der Waals surface area contributed by atoms with Crippen LogP contribution in [0.3, 0.4) is 0 Å². The van der Waals surface area contributed by atoms with Gasteiger partial charge in [0.2, 0.25) is 0 Å². The second-order valence-electron chi connectivity index (χ2n) is 7.43. The van der Waals surface area contributed by atoms with Gasteiger partial charge in [-0.15, -0.1) is 0 Å². The molecule has 0 radical (unpaired) electrons. The Morgan fingerprint density at radius 1 is 1.13 bits per heavy atom. The first-order valence-electron chi connectivity index (χ1n) is 10.5. The van der Waals surface area contributed by atoms with Crippen LogP contribution in [0.25, 0.3) is 6.08 Å². The molecule has 1 aliphatic heterocycles. The van der Waals surface area contributed by atoms with Gasteiger partial charge in [-0.05, 0) is 43.0 Å². The zero-order valence-electron chi connectivity index (χ0n) is 18.0. The number of hydrogen-bond donors (Lipinski definition) is 2. The summed E-state index contributed by atoms with van der Waals surface area (Å²) in [5.41, 5.74) is 2.13. The number of benzene rings is 2. The van der Waals surface area contributed by atoms with Crippen LogP contribution < -0.4 is 5.32 Å². The summed E-state index contributed by atoms with van der Waals surface area (Å²) in [5, 5.41) is 9.97. The highest BCUT2D eigenvalue weighted by Crippen LogP contribution is 2.19. The highest BCUT2D eigenvalue weighted by molar-refractivity contribution is 5.82. The van der Waals surface area contributed by atoms with Gasteiger partial charge in [-0.1, -0.05) is 72.8 Å². The summed E-state index contributed by atoms with van der Waals surface area (Å²) in [6, 6.07) is 20.0. The van der Waals surface area contributed by atoms with Gasteiger partial charge in [-0.3, -0.25) is 14.5 Å². The lowest BCUT2D eigenvalue weighted by Crippen LogP contribution is -2.40. The summed E-state index contributed by atoms with van der Waals surface area (Å²) in [6.45, 7) is 3.60. The van der Waals surface area contributed by atoms with E-state index in [-0.39, 0.29) is 12.4 Å². The van der Waals surface area contributed by atoms with Crippen LogP contribution in [0.5, 0.6) is 0 Å². The number of nitrogens with zero attached hydrogens (tertiary/aromatic N) is 1. The molecule has 31 heavy (non-hydrogen) atoms. The number of rotatable bonds is 8. The Hall–Kier alpha value is -2.96. The number of carboxylic acid groups (broad SMARTS) is 1. The van der Waals surface area contributed by atoms with Gasteiger partial charge < -0.3 is 15.2 Å². The summed E-state index contributed by atoms with van der Waals surface area (Å²) >= 11 is 0. The molecule has 0 aromatic heterocycles. The van der Waals surface area contributed by atoms with Gasteiger partial charge in [0.05, 0.1) is 0 Å². The van der Waals surface area contributed by atoms with Gasteiger partial charge in [0.15, 0.2) is 6.10 Å². The number of carbonyl (C=O) groups is 2. The minimum absolute atomic E-state index is 0.0538. The fraction of sp³-hybridized carbons (Fsp3) is 0.360. The zero-order valence-corrected chi connectivity index (χ0v) is 18.0. The van der Waals surface area contributed by atoms with Gasteiger partial charge in [0.25, 0.3) is 12.4 Å². The standard InChI is InChI=1S/C24H30N2O2.CH2O2/c1-28-23(22-12-6-3-7-13-22)24(27)25-19-21-14-17-26(18-15-21)16-8-11-20-9-4-2-5-10-20;2-1-3/h2-13,21,23H,14-19H2,1H3,(H,25,27);1H,(H,2,3)/t23-;/m0./s1. The van der Waals surface area contributed by atoms with Crippen LogP contribution in [-0.4, -0.2) is 55.7 Å². The molecule has 2 N–H and O–H groups in total. The van der Waals surface area contributed by atoms with E-state index in [4.69, 9.17) is 14.6 Å². The van der Waals surface area contributed by atoms with E-state index in [0.29, 0.717) is 5.92 Å². The van der Waals surface area contributed by atoms with E-state index in [0.717, 1.165) is 44.6 Å². The molecular weight excluding hydrogens is 392 g/mol. The van der Waals surface area contributed by atoms with Crippen LogP contribution in [-0.2, 0) is 14.3 Å². The molecule has 6 nitrogen and oxygen atoms in total. The maximum atomic E-state index is 12.5. The molecule has 1 fully saturated rings. The topological polar surface area (TPSA) is 78.9 Å². The molecule has 1 amide bonds. The first-order valence-corrected chi connectivity index (χ1v) is 10.5. The number of likely N-dealkylation sites (tertiary alicyclic amines) is 1. The molecular formula is C25H32N2O4. The van der Waals surface area contributed by atoms with Crippen LogP contribution in [0, 0.1) is 5.92 Å². The molecule has 1 aliphatic rings. The SMILES string of the molecule is CO[C@H](C(=O)NCC1CCN(CC=Cc2ccccc2)CC1)c1ccccc1.O=CO. The van der Waals surface area contributed by atoms with Crippen LogP contribution in [0.15, 0.2) is 66.7 Å². The number of amides is 1. The van der Waals surface area contributed by atoms with E-state index in [2.05, 4.69) is 46.6 Å². The third kappa shape index (κ3) is 8.74. The van der Waals surface area contributed by atoms with Gasteiger partial charge >= 0.3 is 0 Å². The fourth-order valence-electron chi connectivity index (χ4n) is 3.64. The second kappa shape index (κ2) is 14.1. The summed E-state index contributed by atoms with van der Waals surface area (Å²) < 4.78 is 5.41. The van der Waals surface area contributed by atoms with Crippen LogP contribution in [0.4, 0.5) is 0 Å². The fourth-order valence-corrected chi connectivity index (χ4v) is 3.64. The Labute approximate surface area is 184 Å². The van der Waals surface area contributed by atoms with Crippen molar-refractivity contribution >= 4 is 18.5 Å². The van der Waals surface area contributed by atoms with Crippen molar-refractivity contribution in [3.8, 4) is 0 Å². The number of carbonyl (C=O) groups excluding carboxylic acids is 1. The van der Waals surface area contributed by atoms with Gasteiger partial charge in [0, 0.05) is 20.2 Å². The molecule has 1 atom stereocenters. The van der Waals surface area contributed by atoms with Gasteiger partial charge in [0.1, 0.15) is 0 Å². The summed E-state index contributed by atoms with van der Waals surface area (Å²) in [7, 11) is 1.58. The number of piperidine rings is 1. The van der Waals surface area contributed by atoms with Crippen molar-refractivity contribution in [2.24, 2.45) is 5.92 Å². The Kier molecular flexibility index (Phi) is 11.1. The van der Waals surface area contributed by atoms with Crippen molar-refractivity contribution in [2.75, 3.05) is 33.3 Å². The van der Waals surface area contributed by atoms with Crippen molar-refractivity contribution in [3.63, 3.8) is 0 Å². The lowest BCUT2D eigenvalue weighted by Gasteiger charge is -2.31. The summed E-state index contributed by atoms with van der Waals surface area (Å²) in [5.74, 6) is 0.480. The summed E-state index contributed by atoms with van der Waals surface area (Å²) in [6.07, 6.45) is 6.11. The molecule has 166 valence electrons. The zero-order chi connectivity index (χ0) is 22.3. The normalized spacial score (nSPS) is 15.6. The van der Waals surface area contributed by atoms with E-state index >= 15 is 0 Å². The third-order valence-electron chi connectivity index (χ3n) is 5.32. The first kappa shape index (κ1) is 24.3. The number of ether oxygens (including phenoxy) is 1. The van der Waals surface area contributed by atoms with Crippen LogP contribution in [0.1, 0.15) is 30.1 Å². The molecule has 3 rings (SSSR count). The molecule has 0 bridgehead atoms. The minimum Gasteiger partial charge on any atom is -0.483 e. The number of methoxy groups -OCH3 is 1. The highest BCUT2D eigenvalue weighted by Gasteiger charge is 2.23. The minimum atomic E-state index is -0.538. The van der Waals surface area contributed by atoms with E-state index < -0.39 is 6.10 Å². The molecule has 2 aromatic carbocycles. The van der Waals surface area contributed by atoms with Crippen molar-refractivity contribution in [1.29, 1.82) is 0 Å². The Bertz CT molecular complexity index is 788. The first-order chi connectivity index (χ1) is 15.2. The lowest BCUT2D eigenvalue weighted by atomic mass is 9.96. The Morgan fingerprint density at radius 3 is 2.29 bits per heavy atom. The second-order valence-corrected chi connectivity index (χ2v) is 7.43. The van der Waals surface area contributed by atoms with E-state index in [1.165, 1.54) is 5.56 Å². The lowest BCUT2D eigenvalue weighted by molar-refractivity contribution is -0.131. The maximum absolute atomic E-state index is 12.5. The predicted octanol–water partition coefficient (Wildman–Crippen LogP) is 3.62. The van der Waals surface area contributed by atoms with Crippen molar-refractivity contribution in [2.45, 2.75) is 18.9 Å². The van der Waals surface area contributed by atoms with Crippen LogP contribution >= 0.6 is 0 Å². The Morgan fingerprint density at radius 2 is 1.71 bits per heavy atom. The number of hydrogen-bond acceptors (Lipinski definition) is 4.